The Morgan fingerprint density at radius 1 is 1.33 bits per heavy atom. The van der Waals surface area contributed by atoms with Gasteiger partial charge in [0.25, 0.3) is 0 Å². The van der Waals surface area contributed by atoms with Crippen molar-refractivity contribution in [2.75, 3.05) is 5.32 Å². The molecule has 18 heavy (non-hydrogen) atoms. The zero-order valence-corrected chi connectivity index (χ0v) is 10.1. The van der Waals surface area contributed by atoms with E-state index in [4.69, 9.17) is 0 Å². The molecular weight excluding hydrogens is 265 g/mol. The highest BCUT2D eigenvalue weighted by atomic mass is 32.1. The maximum atomic E-state index is 12.3. The van der Waals surface area contributed by atoms with Crippen LogP contribution in [0.4, 0.5) is 18.3 Å². The van der Waals surface area contributed by atoms with E-state index < -0.39 is 11.2 Å². The van der Waals surface area contributed by atoms with Gasteiger partial charge >= 0.3 is 6.18 Å². The quantitative estimate of drug-likeness (QED) is 0.935. The predicted octanol–water partition coefficient (Wildman–Crippen LogP) is 2.87. The molecule has 0 aliphatic rings. The summed E-state index contributed by atoms with van der Waals surface area (Å²) >= 11 is 0.486. The highest BCUT2D eigenvalue weighted by Gasteiger charge is 2.35. The number of alkyl halides is 3. The van der Waals surface area contributed by atoms with Gasteiger partial charge in [0.15, 0.2) is 0 Å². The van der Waals surface area contributed by atoms with Crippen LogP contribution in [0.3, 0.4) is 0 Å². The summed E-state index contributed by atoms with van der Waals surface area (Å²) in [4.78, 5) is 3.95. The molecule has 0 aliphatic heterocycles. The summed E-state index contributed by atoms with van der Waals surface area (Å²) in [7, 11) is 0. The standard InChI is InChI=1S/C10H9F3N4S/c1-6-2-3-14-4-7(6)5-15-9-17-16-8(18-9)10(11,12)13/h2-4H,5H2,1H3,(H,15,17). The molecular formula is C10H9F3N4S. The maximum absolute atomic E-state index is 12.3. The summed E-state index contributed by atoms with van der Waals surface area (Å²) in [6.07, 6.45) is -1.12. The molecule has 0 amide bonds. The predicted molar refractivity (Wildman–Crippen MR) is 61.2 cm³/mol. The van der Waals surface area contributed by atoms with Crippen molar-refractivity contribution < 1.29 is 13.2 Å². The third-order valence-corrected chi connectivity index (χ3v) is 3.17. The lowest BCUT2D eigenvalue weighted by Gasteiger charge is -2.04. The van der Waals surface area contributed by atoms with Crippen LogP contribution in [0, 0.1) is 6.92 Å². The molecule has 0 spiro atoms. The number of anilines is 1. The largest absolute Gasteiger partial charge is 0.445 e. The summed E-state index contributed by atoms with van der Waals surface area (Å²) in [6.45, 7) is 2.27. The molecule has 96 valence electrons. The van der Waals surface area contributed by atoms with Gasteiger partial charge in [0.2, 0.25) is 10.1 Å². The summed E-state index contributed by atoms with van der Waals surface area (Å²) in [5.74, 6) is 0. The Morgan fingerprint density at radius 3 is 2.72 bits per heavy atom. The van der Waals surface area contributed by atoms with Gasteiger partial charge in [-0.25, -0.2) is 0 Å². The fraction of sp³-hybridized carbons (Fsp3) is 0.300. The fourth-order valence-corrected chi connectivity index (χ4v) is 1.87. The van der Waals surface area contributed by atoms with Gasteiger partial charge in [-0.3, -0.25) is 4.98 Å². The van der Waals surface area contributed by atoms with Crippen LogP contribution in [0.1, 0.15) is 16.1 Å². The molecule has 0 saturated heterocycles. The molecule has 2 rings (SSSR count). The van der Waals surface area contributed by atoms with Crippen LogP contribution in [-0.4, -0.2) is 15.2 Å². The number of nitrogens with zero attached hydrogens (tertiary/aromatic N) is 3. The topological polar surface area (TPSA) is 50.7 Å². The van der Waals surface area contributed by atoms with Gasteiger partial charge in [-0.15, -0.1) is 10.2 Å². The molecule has 0 radical (unpaired) electrons. The molecule has 0 atom stereocenters. The van der Waals surface area contributed by atoms with E-state index in [-0.39, 0.29) is 5.13 Å². The third-order valence-electron chi connectivity index (χ3n) is 2.25. The van der Waals surface area contributed by atoms with Crippen molar-refractivity contribution in [1.29, 1.82) is 0 Å². The molecule has 0 fully saturated rings. The Kier molecular flexibility index (Phi) is 3.46. The van der Waals surface area contributed by atoms with Crippen LogP contribution in [0.2, 0.25) is 0 Å². The van der Waals surface area contributed by atoms with Gasteiger partial charge in [0.1, 0.15) is 0 Å². The van der Waals surface area contributed by atoms with Gasteiger partial charge in [-0.05, 0) is 24.1 Å². The van der Waals surface area contributed by atoms with E-state index in [1.54, 1.807) is 12.4 Å². The van der Waals surface area contributed by atoms with Crippen LogP contribution < -0.4 is 5.32 Å². The average molecular weight is 274 g/mol. The van der Waals surface area contributed by atoms with E-state index >= 15 is 0 Å². The minimum atomic E-state index is -4.44. The second kappa shape index (κ2) is 4.89. The van der Waals surface area contributed by atoms with Gasteiger partial charge in [0, 0.05) is 18.9 Å². The van der Waals surface area contributed by atoms with E-state index in [1.165, 1.54) is 0 Å². The van der Waals surface area contributed by atoms with Crippen molar-refractivity contribution in [2.24, 2.45) is 0 Å². The number of halogens is 3. The first-order chi connectivity index (χ1) is 8.47. The van der Waals surface area contributed by atoms with Gasteiger partial charge in [-0.1, -0.05) is 11.3 Å². The first-order valence-corrected chi connectivity index (χ1v) is 5.82. The number of hydrogen-bond donors (Lipinski definition) is 1. The molecule has 8 heteroatoms. The van der Waals surface area contributed by atoms with Crippen LogP contribution >= 0.6 is 11.3 Å². The van der Waals surface area contributed by atoms with Crippen LogP contribution in [0.15, 0.2) is 18.5 Å². The summed E-state index contributed by atoms with van der Waals surface area (Å²) in [6, 6.07) is 1.83. The van der Waals surface area contributed by atoms with Crippen LogP contribution in [0.25, 0.3) is 0 Å². The molecule has 2 heterocycles. The molecule has 2 aromatic rings. The Labute approximate surface area is 105 Å². The molecule has 0 saturated carbocycles. The molecule has 0 aromatic carbocycles. The van der Waals surface area contributed by atoms with Gasteiger partial charge in [-0.2, -0.15) is 13.2 Å². The van der Waals surface area contributed by atoms with E-state index in [0.29, 0.717) is 17.9 Å². The Morgan fingerprint density at radius 2 is 2.11 bits per heavy atom. The molecule has 0 unspecified atom stereocenters. The summed E-state index contributed by atoms with van der Waals surface area (Å²) in [5.41, 5.74) is 1.92. The lowest BCUT2D eigenvalue weighted by Crippen LogP contribution is -2.03. The second-order valence-electron chi connectivity index (χ2n) is 3.57. The SMILES string of the molecule is Cc1ccncc1CNc1nnc(C(F)(F)F)s1. The zero-order valence-electron chi connectivity index (χ0n) is 9.32. The fourth-order valence-electron chi connectivity index (χ4n) is 1.26. The Hall–Kier alpha value is -1.70. The smallest absolute Gasteiger partial charge is 0.356 e. The molecule has 0 aliphatic carbocycles. The normalized spacial score (nSPS) is 11.6. The van der Waals surface area contributed by atoms with E-state index in [0.717, 1.165) is 11.1 Å². The maximum Gasteiger partial charge on any atom is 0.445 e. The Balaban J connectivity index is 2.03. The van der Waals surface area contributed by atoms with Gasteiger partial charge in [0.05, 0.1) is 0 Å². The summed E-state index contributed by atoms with van der Waals surface area (Å²) in [5, 5.41) is 8.52. The van der Waals surface area contributed by atoms with E-state index in [2.05, 4.69) is 20.5 Å². The lowest BCUT2D eigenvalue weighted by molar-refractivity contribution is -0.138. The average Bonchev–Trinajstić information content (AvgIpc) is 2.76. The van der Waals surface area contributed by atoms with Crippen LogP contribution in [0.5, 0.6) is 0 Å². The number of pyridine rings is 1. The molecule has 4 nitrogen and oxygen atoms in total. The molecule has 1 N–H and O–H groups in total. The third kappa shape index (κ3) is 2.95. The van der Waals surface area contributed by atoms with Crippen molar-refractivity contribution in [3.8, 4) is 0 Å². The second-order valence-corrected chi connectivity index (χ2v) is 4.54. The number of rotatable bonds is 3. The van der Waals surface area contributed by atoms with E-state index in [1.807, 2.05) is 13.0 Å². The Bertz CT molecular complexity index is 538. The van der Waals surface area contributed by atoms with Crippen molar-refractivity contribution >= 4 is 16.5 Å². The van der Waals surface area contributed by atoms with Crippen molar-refractivity contribution in [1.82, 2.24) is 15.2 Å². The highest BCUT2D eigenvalue weighted by molar-refractivity contribution is 7.15. The first kappa shape index (κ1) is 12.7. The number of hydrogen-bond acceptors (Lipinski definition) is 5. The van der Waals surface area contributed by atoms with Crippen LogP contribution in [-0.2, 0) is 12.7 Å². The lowest BCUT2D eigenvalue weighted by atomic mass is 10.2. The first-order valence-electron chi connectivity index (χ1n) is 5.01. The minimum Gasteiger partial charge on any atom is -0.356 e. The van der Waals surface area contributed by atoms with E-state index in [9.17, 15) is 13.2 Å². The number of aromatic nitrogens is 3. The minimum absolute atomic E-state index is 0.144. The molecule has 2 aromatic heterocycles. The highest BCUT2D eigenvalue weighted by Crippen LogP contribution is 2.33. The van der Waals surface area contributed by atoms with Crippen molar-refractivity contribution in [3.05, 3.63) is 34.6 Å². The summed E-state index contributed by atoms with van der Waals surface area (Å²) < 4.78 is 36.9. The number of nitrogens with one attached hydrogen (secondary N) is 1. The monoisotopic (exact) mass is 274 g/mol. The van der Waals surface area contributed by atoms with Crippen molar-refractivity contribution in [3.63, 3.8) is 0 Å². The van der Waals surface area contributed by atoms with Crippen molar-refractivity contribution in [2.45, 2.75) is 19.6 Å². The van der Waals surface area contributed by atoms with Gasteiger partial charge < -0.3 is 5.32 Å². The number of aryl methyl sites for hydroxylation is 1. The zero-order chi connectivity index (χ0) is 13.2. The molecule has 0 bridgehead atoms.